The number of nitro benzene ring substituents is 1. The fourth-order valence-corrected chi connectivity index (χ4v) is 2.53. The molecule has 0 radical (unpaired) electrons. The minimum atomic E-state index is -0.473. The Labute approximate surface area is 150 Å². The molecule has 0 saturated heterocycles. The summed E-state index contributed by atoms with van der Waals surface area (Å²) in [5.74, 6) is 0. The molecule has 0 spiro atoms. The molecule has 3 rings (SSSR count). The smallest absolute Gasteiger partial charge is 0.308 e. The lowest BCUT2D eigenvalue weighted by Crippen LogP contribution is -2.34. The third-order valence-corrected chi connectivity index (χ3v) is 3.81. The molecular formula is C20H17N3O3. The van der Waals surface area contributed by atoms with Gasteiger partial charge in [0.25, 0.3) is 5.69 Å². The molecule has 0 aliphatic rings. The first-order valence-electron chi connectivity index (χ1n) is 8.05. The van der Waals surface area contributed by atoms with Crippen molar-refractivity contribution in [2.45, 2.75) is 6.54 Å². The quantitative estimate of drug-likeness (QED) is 0.530. The van der Waals surface area contributed by atoms with E-state index in [0.717, 1.165) is 5.56 Å². The normalized spacial score (nSPS) is 10.2. The fourth-order valence-electron chi connectivity index (χ4n) is 2.53. The number of non-ortho nitro benzene ring substituents is 1. The molecular weight excluding hydrogens is 330 g/mol. The number of hydrogen-bond donors (Lipinski definition) is 1. The highest BCUT2D eigenvalue weighted by Gasteiger charge is 2.19. The van der Waals surface area contributed by atoms with E-state index >= 15 is 0 Å². The van der Waals surface area contributed by atoms with E-state index in [1.54, 1.807) is 24.3 Å². The lowest BCUT2D eigenvalue weighted by molar-refractivity contribution is -0.384. The number of nitrogens with one attached hydrogen (secondary N) is 1. The SMILES string of the molecule is O=C(Nc1ccccc1)N(Cc1ccccc1)c1cccc([N+](=O)[O-])c1. The Hall–Kier alpha value is -3.67. The highest BCUT2D eigenvalue weighted by atomic mass is 16.6. The van der Waals surface area contributed by atoms with E-state index in [4.69, 9.17) is 0 Å². The van der Waals surface area contributed by atoms with Crippen LogP contribution in [0.4, 0.5) is 21.9 Å². The average molecular weight is 347 g/mol. The maximum Gasteiger partial charge on any atom is 0.326 e. The van der Waals surface area contributed by atoms with Gasteiger partial charge in [0.1, 0.15) is 0 Å². The summed E-state index contributed by atoms with van der Waals surface area (Å²) < 4.78 is 0. The zero-order chi connectivity index (χ0) is 18.4. The van der Waals surface area contributed by atoms with Crippen LogP contribution in [-0.4, -0.2) is 11.0 Å². The van der Waals surface area contributed by atoms with Crippen LogP contribution in [-0.2, 0) is 6.54 Å². The molecule has 0 unspecified atom stereocenters. The third kappa shape index (κ3) is 4.24. The maximum absolute atomic E-state index is 12.8. The summed E-state index contributed by atoms with van der Waals surface area (Å²) in [7, 11) is 0. The molecule has 130 valence electrons. The molecule has 0 aromatic heterocycles. The van der Waals surface area contributed by atoms with E-state index in [1.165, 1.54) is 17.0 Å². The lowest BCUT2D eigenvalue weighted by atomic mass is 10.2. The van der Waals surface area contributed by atoms with Crippen molar-refractivity contribution in [2.75, 3.05) is 10.2 Å². The van der Waals surface area contributed by atoms with Gasteiger partial charge >= 0.3 is 6.03 Å². The van der Waals surface area contributed by atoms with Crippen LogP contribution in [0.25, 0.3) is 0 Å². The summed E-state index contributed by atoms with van der Waals surface area (Å²) >= 11 is 0. The van der Waals surface area contributed by atoms with Crippen molar-refractivity contribution in [1.29, 1.82) is 0 Å². The number of urea groups is 1. The predicted octanol–water partition coefficient (Wildman–Crippen LogP) is 4.83. The zero-order valence-electron chi connectivity index (χ0n) is 13.9. The van der Waals surface area contributed by atoms with Gasteiger partial charge in [0.15, 0.2) is 0 Å². The van der Waals surface area contributed by atoms with Crippen LogP contribution >= 0.6 is 0 Å². The maximum atomic E-state index is 12.8. The predicted molar refractivity (Wildman–Crippen MR) is 101 cm³/mol. The first-order valence-corrected chi connectivity index (χ1v) is 8.05. The number of anilines is 2. The van der Waals surface area contributed by atoms with Crippen LogP contribution in [0.5, 0.6) is 0 Å². The number of nitro groups is 1. The van der Waals surface area contributed by atoms with Crippen LogP contribution in [0.1, 0.15) is 5.56 Å². The topological polar surface area (TPSA) is 75.5 Å². The Morgan fingerprint density at radius 1 is 0.923 bits per heavy atom. The van der Waals surface area contributed by atoms with Gasteiger partial charge in [0, 0.05) is 17.8 Å². The van der Waals surface area contributed by atoms with E-state index in [2.05, 4.69) is 5.32 Å². The molecule has 0 atom stereocenters. The largest absolute Gasteiger partial charge is 0.326 e. The summed E-state index contributed by atoms with van der Waals surface area (Å²) in [6.07, 6.45) is 0. The molecule has 1 N–H and O–H groups in total. The molecule has 2 amide bonds. The van der Waals surface area contributed by atoms with Crippen molar-refractivity contribution in [1.82, 2.24) is 0 Å². The van der Waals surface area contributed by atoms with Gasteiger partial charge in [-0.05, 0) is 23.8 Å². The number of carbonyl (C=O) groups excluding carboxylic acids is 1. The van der Waals surface area contributed by atoms with Crippen LogP contribution in [0.3, 0.4) is 0 Å². The second kappa shape index (κ2) is 7.94. The van der Waals surface area contributed by atoms with Crippen molar-refractivity contribution >= 4 is 23.1 Å². The number of benzene rings is 3. The van der Waals surface area contributed by atoms with Crippen LogP contribution < -0.4 is 10.2 Å². The average Bonchev–Trinajstić information content (AvgIpc) is 2.67. The molecule has 0 saturated carbocycles. The molecule has 26 heavy (non-hydrogen) atoms. The monoisotopic (exact) mass is 347 g/mol. The van der Waals surface area contributed by atoms with Gasteiger partial charge in [-0.25, -0.2) is 4.79 Å². The van der Waals surface area contributed by atoms with E-state index in [9.17, 15) is 14.9 Å². The van der Waals surface area contributed by atoms with Gasteiger partial charge in [0.05, 0.1) is 17.2 Å². The number of nitrogens with zero attached hydrogens (tertiary/aromatic N) is 2. The Morgan fingerprint density at radius 2 is 1.58 bits per heavy atom. The molecule has 6 nitrogen and oxygen atoms in total. The van der Waals surface area contributed by atoms with Crippen molar-refractivity contribution < 1.29 is 9.72 Å². The summed E-state index contributed by atoms with van der Waals surface area (Å²) in [5, 5.41) is 13.9. The molecule has 3 aromatic carbocycles. The number of rotatable bonds is 5. The lowest BCUT2D eigenvalue weighted by Gasteiger charge is -2.23. The summed E-state index contributed by atoms with van der Waals surface area (Å²) in [5.41, 5.74) is 1.97. The molecule has 3 aromatic rings. The molecule has 6 heteroatoms. The van der Waals surface area contributed by atoms with Crippen molar-refractivity contribution in [3.8, 4) is 0 Å². The number of hydrogen-bond acceptors (Lipinski definition) is 3. The zero-order valence-corrected chi connectivity index (χ0v) is 13.9. The van der Waals surface area contributed by atoms with Gasteiger partial charge in [-0.15, -0.1) is 0 Å². The summed E-state index contributed by atoms with van der Waals surface area (Å²) in [4.78, 5) is 24.9. The first kappa shape index (κ1) is 17.2. The second-order valence-electron chi connectivity index (χ2n) is 5.64. The Bertz CT molecular complexity index is 898. The van der Waals surface area contributed by atoms with Gasteiger partial charge < -0.3 is 5.32 Å². The van der Waals surface area contributed by atoms with Gasteiger partial charge in [0.2, 0.25) is 0 Å². The second-order valence-corrected chi connectivity index (χ2v) is 5.64. The van der Waals surface area contributed by atoms with Crippen LogP contribution in [0.2, 0.25) is 0 Å². The Morgan fingerprint density at radius 3 is 2.23 bits per heavy atom. The molecule has 0 aliphatic carbocycles. The van der Waals surface area contributed by atoms with Gasteiger partial charge in [-0.3, -0.25) is 15.0 Å². The Kier molecular flexibility index (Phi) is 5.24. The third-order valence-electron chi connectivity index (χ3n) is 3.81. The molecule has 0 bridgehead atoms. The van der Waals surface area contributed by atoms with E-state index in [0.29, 0.717) is 17.9 Å². The standard InChI is InChI=1S/C20H17N3O3/c24-20(21-17-10-5-2-6-11-17)22(15-16-8-3-1-4-9-16)18-12-7-13-19(14-18)23(25)26/h1-14H,15H2,(H,21,24). The first-order chi connectivity index (χ1) is 12.6. The summed E-state index contributed by atoms with van der Waals surface area (Å²) in [6.45, 7) is 0.292. The summed E-state index contributed by atoms with van der Waals surface area (Å²) in [6, 6.07) is 24.2. The van der Waals surface area contributed by atoms with Gasteiger partial charge in [-0.1, -0.05) is 54.6 Å². The minimum Gasteiger partial charge on any atom is -0.308 e. The van der Waals surface area contributed by atoms with E-state index < -0.39 is 4.92 Å². The van der Waals surface area contributed by atoms with Crippen molar-refractivity contribution in [2.24, 2.45) is 0 Å². The minimum absolute atomic E-state index is 0.0620. The Balaban J connectivity index is 1.92. The number of amides is 2. The van der Waals surface area contributed by atoms with E-state index in [1.807, 2.05) is 48.5 Å². The van der Waals surface area contributed by atoms with E-state index in [-0.39, 0.29) is 11.7 Å². The van der Waals surface area contributed by atoms with Crippen molar-refractivity contribution in [3.63, 3.8) is 0 Å². The molecule has 0 aliphatic heterocycles. The van der Waals surface area contributed by atoms with Crippen LogP contribution in [0.15, 0.2) is 84.9 Å². The fraction of sp³-hybridized carbons (Fsp3) is 0.0500. The number of carbonyl (C=O) groups is 1. The van der Waals surface area contributed by atoms with Crippen molar-refractivity contribution in [3.05, 3.63) is 101 Å². The number of para-hydroxylation sites is 1. The highest BCUT2D eigenvalue weighted by molar-refractivity contribution is 6.01. The molecule has 0 fully saturated rings. The van der Waals surface area contributed by atoms with Crippen LogP contribution in [0, 0.1) is 10.1 Å². The highest BCUT2D eigenvalue weighted by Crippen LogP contribution is 2.24. The molecule has 0 heterocycles. The van der Waals surface area contributed by atoms with Gasteiger partial charge in [-0.2, -0.15) is 0 Å².